The molecule has 22 heavy (non-hydrogen) atoms. The molecule has 0 spiro atoms. The highest BCUT2D eigenvalue weighted by Gasteiger charge is 2.37. The number of nitrogens with zero attached hydrogens (tertiary/aromatic N) is 4. The fraction of sp³-hybridized carbons (Fsp3) is 0.500. The molecule has 6 heteroatoms. The minimum Gasteiger partial charge on any atom is -0.349 e. The summed E-state index contributed by atoms with van der Waals surface area (Å²) in [5.41, 5.74) is 0. The molecule has 2 aromatic rings. The highest BCUT2D eigenvalue weighted by atomic mass is 35.5. The number of aromatic nitrogens is 2. The van der Waals surface area contributed by atoms with Crippen molar-refractivity contribution in [1.82, 2.24) is 14.9 Å². The minimum absolute atomic E-state index is 0.567. The smallest absolute Gasteiger partial charge is 0.132 e. The van der Waals surface area contributed by atoms with E-state index >= 15 is 0 Å². The van der Waals surface area contributed by atoms with Gasteiger partial charge in [0.1, 0.15) is 12.1 Å². The quantitative estimate of drug-likeness (QED) is 0.838. The second-order valence-electron chi connectivity index (χ2n) is 6.09. The standard InChI is InChI=1S/C16H19ClN4S/c17-15-4-3-14(22-15)10-20-8-6-13(9-20)21(12-1-2-12)16-5-7-18-11-19-16/h3-5,7,11-13H,1-2,6,8-10H2. The Balaban J connectivity index is 1.44. The Kier molecular flexibility index (Phi) is 4.03. The van der Waals surface area contributed by atoms with E-state index in [4.69, 9.17) is 11.6 Å². The zero-order valence-corrected chi connectivity index (χ0v) is 13.9. The predicted octanol–water partition coefficient (Wildman–Crippen LogP) is 3.43. The average Bonchev–Trinajstić information content (AvgIpc) is 3.12. The topological polar surface area (TPSA) is 32.3 Å². The molecule has 1 aliphatic carbocycles. The highest BCUT2D eigenvalue weighted by Crippen LogP contribution is 2.35. The van der Waals surface area contributed by atoms with E-state index in [1.165, 1.54) is 24.1 Å². The first-order valence-electron chi connectivity index (χ1n) is 7.80. The van der Waals surface area contributed by atoms with Crippen LogP contribution in [0.4, 0.5) is 5.82 Å². The van der Waals surface area contributed by atoms with Crippen molar-refractivity contribution in [3.05, 3.63) is 39.9 Å². The molecule has 4 nitrogen and oxygen atoms in total. The Hall–Kier alpha value is -1.17. The Morgan fingerprint density at radius 3 is 2.82 bits per heavy atom. The van der Waals surface area contributed by atoms with Crippen LogP contribution in [0.15, 0.2) is 30.7 Å². The molecule has 1 aliphatic heterocycles. The predicted molar refractivity (Wildman–Crippen MR) is 90.5 cm³/mol. The molecule has 0 aromatic carbocycles. The van der Waals surface area contributed by atoms with Gasteiger partial charge in [0, 0.05) is 42.8 Å². The van der Waals surface area contributed by atoms with E-state index in [2.05, 4.69) is 25.8 Å². The van der Waals surface area contributed by atoms with Gasteiger partial charge in [-0.3, -0.25) is 4.90 Å². The van der Waals surface area contributed by atoms with Crippen molar-refractivity contribution < 1.29 is 0 Å². The summed E-state index contributed by atoms with van der Waals surface area (Å²) < 4.78 is 0.881. The number of hydrogen-bond acceptors (Lipinski definition) is 5. The first-order chi connectivity index (χ1) is 10.8. The highest BCUT2D eigenvalue weighted by molar-refractivity contribution is 7.16. The molecular weight excluding hydrogens is 316 g/mol. The van der Waals surface area contributed by atoms with Gasteiger partial charge in [-0.1, -0.05) is 11.6 Å². The summed E-state index contributed by atoms with van der Waals surface area (Å²) in [5.74, 6) is 1.09. The molecule has 1 saturated heterocycles. The van der Waals surface area contributed by atoms with E-state index in [0.29, 0.717) is 12.1 Å². The van der Waals surface area contributed by atoms with Crippen molar-refractivity contribution in [1.29, 1.82) is 0 Å². The van der Waals surface area contributed by atoms with Gasteiger partial charge < -0.3 is 4.90 Å². The zero-order chi connectivity index (χ0) is 14.9. The van der Waals surface area contributed by atoms with Crippen LogP contribution in [-0.4, -0.2) is 40.0 Å². The molecule has 0 radical (unpaired) electrons. The fourth-order valence-electron chi connectivity index (χ4n) is 3.30. The second kappa shape index (κ2) is 6.14. The number of thiophene rings is 1. The Bertz CT molecular complexity index is 628. The summed E-state index contributed by atoms with van der Waals surface area (Å²) >= 11 is 7.72. The number of halogens is 1. The molecule has 2 fully saturated rings. The minimum atomic E-state index is 0.567. The summed E-state index contributed by atoms with van der Waals surface area (Å²) in [6, 6.07) is 7.42. The zero-order valence-electron chi connectivity index (χ0n) is 12.4. The van der Waals surface area contributed by atoms with E-state index in [-0.39, 0.29) is 0 Å². The molecule has 2 aliphatic rings. The molecule has 0 bridgehead atoms. The van der Waals surface area contributed by atoms with Crippen LogP contribution in [0.2, 0.25) is 4.34 Å². The van der Waals surface area contributed by atoms with Gasteiger partial charge in [0.2, 0.25) is 0 Å². The lowest BCUT2D eigenvalue weighted by molar-refractivity contribution is 0.327. The van der Waals surface area contributed by atoms with Gasteiger partial charge in [0.05, 0.1) is 4.34 Å². The molecule has 1 atom stereocenters. The van der Waals surface area contributed by atoms with E-state index in [9.17, 15) is 0 Å². The summed E-state index contributed by atoms with van der Waals surface area (Å²) in [6.45, 7) is 3.26. The van der Waals surface area contributed by atoms with E-state index in [1.807, 2.05) is 18.3 Å². The molecule has 0 amide bonds. The van der Waals surface area contributed by atoms with Gasteiger partial charge in [-0.15, -0.1) is 11.3 Å². The summed E-state index contributed by atoms with van der Waals surface area (Å²) in [5, 5.41) is 0. The number of rotatable bonds is 5. The lowest BCUT2D eigenvalue weighted by Gasteiger charge is -2.30. The monoisotopic (exact) mass is 334 g/mol. The lowest BCUT2D eigenvalue weighted by atomic mass is 10.2. The number of hydrogen-bond donors (Lipinski definition) is 0. The Morgan fingerprint density at radius 2 is 2.14 bits per heavy atom. The number of anilines is 1. The molecule has 116 valence electrons. The van der Waals surface area contributed by atoms with E-state index in [1.54, 1.807) is 17.7 Å². The van der Waals surface area contributed by atoms with Crippen LogP contribution in [0, 0.1) is 0 Å². The van der Waals surface area contributed by atoms with Crippen molar-refractivity contribution in [2.75, 3.05) is 18.0 Å². The maximum absolute atomic E-state index is 6.03. The third kappa shape index (κ3) is 3.12. The first kappa shape index (κ1) is 14.4. The third-order valence-electron chi connectivity index (χ3n) is 4.42. The van der Waals surface area contributed by atoms with E-state index in [0.717, 1.165) is 29.8 Å². The Morgan fingerprint density at radius 1 is 1.23 bits per heavy atom. The van der Waals surface area contributed by atoms with Crippen LogP contribution < -0.4 is 4.90 Å². The summed E-state index contributed by atoms with van der Waals surface area (Å²) in [7, 11) is 0. The van der Waals surface area contributed by atoms with Gasteiger partial charge in [-0.25, -0.2) is 9.97 Å². The normalized spacial score (nSPS) is 22.1. The van der Waals surface area contributed by atoms with Crippen LogP contribution in [0.25, 0.3) is 0 Å². The fourth-order valence-corrected chi connectivity index (χ4v) is 4.43. The van der Waals surface area contributed by atoms with Crippen LogP contribution in [0.5, 0.6) is 0 Å². The van der Waals surface area contributed by atoms with E-state index < -0.39 is 0 Å². The lowest BCUT2D eigenvalue weighted by Crippen LogP contribution is -2.39. The van der Waals surface area contributed by atoms with Crippen LogP contribution in [-0.2, 0) is 6.54 Å². The Labute approximate surface area is 139 Å². The maximum Gasteiger partial charge on any atom is 0.132 e. The molecule has 3 heterocycles. The average molecular weight is 335 g/mol. The van der Waals surface area contributed by atoms with Crippen molar-refractivity contribution >= 4 is 28.8 Å². The first-order valence-corrected chi connectivity index (χ1v) is 9.00. The van der Waals surface area contributed by atoms with Crippen LogP contribution in [0.1, 0.15) is 24.1 Å². The van der Waals surface area contributed by atoms with Crippen molar-refractivity contribution in [2.24, 2.45) is 0 Å². The SMILES string of the molecule is Clc1ccc(CN2CCC(N(c3ccncn3)C3CC3)C2)s1. The number of likely N-dealkylation sites (tertiary alicyclic amines) is 1. The second-order valence-corrected chi connectivity index (χ2v) is 7.89. The summed E-state index contributed by atoms with van der Waals surface area (Å²) in [4.78, 5) is 14.9. The van der Waals surface area contributed by atoms with Gasteiger partial charge >= 0.3 is 0 Å². The molecule has 2 aromatic heterocycles. The van der Waals surface area contributed by atoms with Crippen LogP contribution in [0.3, 0.4) is 0 Å². The van der Waals surface area contributed by atoms with Crippen molar-refractivity contribution in [2.45, 2.75) is 37.9 Å². The molecule has 1 unspecified atom stereocenters. The largest absolute Gasteiger partial charge is 0.349 e. The van der Waals surface area contributed by atoms with Crippen LogP contribution >= 0.6 is 22.9 Å². The molecule has 1 saturated carbocycles. The van der Waals surface area contributed by atoms with Gasteiger partial charge in [-0.05, 0) is 37.5 Å². The molecule has 4 rings (SSSR count). The van der Waals surface area contributed by atoms with Gasteiger partial charge in [0.25, 0.3) is 0 Å². The summed E-state index contributed by atoms with van der Waals surface area (Å²) in [6.07, 6.45) is 7.30. The van der Waals surface area contributed by atoms with Gasteiger partial charge in [-0.2, -0.15) is 0 Å². The van der Waals surface area contributed by atoms with Gasteiger partial charge in [0.15, 0.2) is 0 Å². The maximum atomic E-state index is 6.03. The van der Waals surface area contributed by atoms with Crippen molar-refractivity contribution in [3.8, 4) is 0 Å². The van der Waals surface area contributed by atoms with Crippen molar-refractivity contribution in [3.63, 3.8) is 0 Å². The third-order valence-corrected chi connectivity index (χ3v) is 5.64. The molecule has 0 N–H and O–H groups in total. The molecular formula is C16H19ClN4S.